The van der Waals surface area contributed by atoms with Gasteiger partial charge in [-0.05, 0) is 49.1 Å². The van der Waals surface area contributed by atoms with Crippen molar-refractivity contribution in [3.05, 3.63) is 59.7 Å². The molecule has 2 aliphatic rings. The van der Waals surface area contributed by atoms with Gasteiger partial charge in [0.1, 0.15) is 0 Å². The molecular formula is C20H17F3N2O. The Morgan fingerprint density at radius 2 is 1.92 bits per heavy atom. The zero-order valence-electron chi connectivity index (χ0n) is 14.0. The molecule has 1 amide bonds. The van der Waals surface area contributed by atoms with Gasteiger partial charge in [0.15, 0.2) is 0 Å². The molecule has 3 nitrogen and oxygen atoms in total. The van der Waals surface area contributed by atoms with Crippen molar-refractivity contribution in [3.63, 3.8) is 0 Å². The third kappa shape index (κ3) is 3.00. The van der Waals surface area contributed by atoms with Gasteiger partial charge in [-0.25, -0.2) is 0 Å². The van der Waals surface area contributed by atoms with Gasteiger partial charge in [0.25, 0.3) is 0 Å². The highest BCUT2D eigenvalue weighted by molar-refractivity contribution is 6.14. The predicted octanol–water partition coefficient (Wildman–Crippen LogP) is 5.12. The minimum absolute atomic E-state index is 0.0800. The van der Waals surface area contributed by atoms with Gasteiger partial charge in [-0.3, -0.25) is 9.79 Å². The van der Waals surface area contributed by atoms with Crippen molar-refractivity contribution >= 4 is 23.0 Å². The molecule has 1 aliphatic heterocycles. The number of rotatable bonds is 2. The van der Waals surface area contributed by atoms with E-state index in [0.29, 0.717) is 16.9 Å². The summed E-state index contributed by atoms with van der Waals surface area (Å²) in [5.74, 6) is -0.350. The summed E-state index contributed by atoms with van der Waals surface area (Å²) < 4.78 is 39.0. The summed E-state index contributed by atoms with van der Waals surface area (Å²) >= 11 is 0. The lowest BCUT2D eigenvalue weighted by Gasteiger charge is -2.25. The average Bonchev–Trinajstić information content (AvgIpc) is 3.04. The number of aliphatic imine (C=N–C) groups is 1. The van der Waals surface area contributed by atoms with E-state index < -0.39 is 11.7 Å². The monoisotopic (exact) mass is 358 g/mol. The van der Waals surface area contributed by atoms with Crippen molar-refractivity contribution in [1.82, 2.24) is 0 Å². The predicted molar refractivity (Wildman–Crippen MR) is 93.5 cm³/mol. The molecule has 1 atom stereocenters. The normalized spacial score (nSPS) is 19.7. The van der Waals surface area contributed by atoms with Crippen LogP contribution in [-0.4, -0.2) is 11.6 Å². The Morgan fingerprint density at radius 1 is 1.12 bits per heavy atom. The molecule has 0 radical (unpaired) electrons. The smallest absolute Gasteiger partial charge is 0.305 e. The van der Waals surface area contributed by atoms with Crippen LogP contribution in [0, 0.1) is 5.92 Å². The van der Waals surface area contributed by atoms with Crippen LogP contribution >= 0.6 is 0 Å². The second-order valence-electron chi connectivity index (χ2n) is 6.66. The molecule has 134 valence electrons. The van der Waals surface area contributed by atoms with Crippen molar-refractivity contribution < 1.29 is 18.0 Å². The van der Waals surface area contributed by atoms with Gasteiger partial charge in [-0.2, -0.15) is 13.2 Å². The fourth-order valence-electron chi connectivity index (χ4n) is 3.67. The van der Waals surface area contributed by atoms with Crippen LogP contribution in [0.2, 0.25) is 0 Å². The van der Waals surface area contributed by atoms with Crippen molar-refractivity contribution in [3.8, 4) is 0 Å². The average molecular weight is 358 g/mol. The third-order valence-electron chi connectivity index (χ3n) is 4.92. The van der Waals surface area contributed by atoms with Gasteiger partial charge in [0.2, 0.25) is 5.91 Å². The van der Waals surface area contributed by atoms with Crippen LogP contribution in [-0.2, 0) is 17.5 Å². The summed E-state index contributed by atoms with van der Waals surface area (Å²) in [5.41, 5.74) is 1.98. The van der Waals surface area contributed by atoms with Gasteiger partial charge in [-0.1, -0.05) is 24.3 Å². The summed E-state index contributed by atoms with van der Waals surface area (Å²) in [4.78, 5) is 19.4. The third-order valence-corrected chi connectivity index (χ3v) is 4.92. The van der Waals surface area contributed by atoms with Gasteiger partial charge >= 0.3 is 6.18 Å². The quantitative estimate of drug-likeness (QED) is 0.733. The number of hydrogen-bond donors (Lipinski definition) is 0. The Labute approximate surface area is 149 Å². The van der Waals surface area contributed by atoms with Crippen LogP contribution < -0.4 is 4.90 Å². The number of nitrogens with zero attached hydrogens (tertiary/aromatic N) is 2. The van der Waals surface area contributed by atoms with Crippen molar-refractivity contribution in [1.29, 1.82) is 0 Å². The maximum Gasteiger partial charge on any atom is 0.416 e. The number of hydrogen-bond acceptors (Lipinski definition) is 2. The number of anilines is 1. The van der Waals surface area contributed by atoms with E-state index in [1.54, 1.807) is 17.0 Å². The summed E-state index contributed by atoms with van der Waals surface area (Å²) in [6, 6.07) is 12.5. The number of halogens is 3. The molecule has 1 fully saturated rings. The number of carbonyl (C=O) groups excluding carboxylic acids is 1. The molecule has 1 heterocycles. The van der Waals surface area contributed by atoms with Crippen molar-refractivity contribution in [2.75, 3.05) is 4.90 Å². The summed E-state index contributed by atoms with van der Waals surface area (Å²) in [6.45, 7) is 0.0963. The number of benzene rings is 2. The lowest BCUT2D eigenvalue weighted by molar-refractivity contribution is -0.137. The topological polar surface area (TPSA) is 32.7 Å². The Balaban J connectivity index is 1.73. The first-order chi connectivity index (χ1) is 12.4. The molecule has 2 aromatic rings. The molecule has 2 aromatic carbocycles. The van der Waals surface area contributed by atoms with Crippen LogP contribution in [0.25, 0.3) is 0 Å². The first-order valence-corrected chi connectivity index (χ1v) is 8.57. The van der Waals surface area contributed by atoms with Crippen LogP contribution in [0.3, 0.4) is 0 Å². The maximum absolute atomic E-state index is 13.1. The summed E-state index contributed by atoms with van der Waals surface area (Å²) in [5, 5.41) is 0. The summed E-state index contributed by atoms with van der Waals surface area (Å²) in [7, 11) is 0. The zero-order chi connectivity index (χ0) is 18.3. The first-order valence-electron chi connectivity index (χ1n) is 8.57. The molecule has 0 bridgehead atoms. The van der Waals surface area contributed by atoms with E-state index in [0.717, 1.165) is 37.1 Å². The molecule has 1 aliphatic carbocycles. The molecule has 0 spiro atoms. The van der Waals surface area contributed by atoms with Crippen molar-refractivity contribution in [2.45, 2.75) is 32.0 Å². The molecule has 4 rings (SSSR count). The van der Waals surface area contributed by atoms with Crippen LogP contribution in [0.5, 0.6) is 0 Å². The van der Waals surface area contributed by atoms with Crippen LogP contribution in [0.4, 0.5) is 24.5 Å². The zero-order valence-corrected chi connectivity index (χ0v) is 14.0. The Hall–Kier alpha value is -2.63. The van der Waals surface area contributed by atoms with Gasteiger partial charge in [0.05, 0.1) is 29.4 Å². The summed E-state index contributed by atoms with van der Waals surface area (Å²) in [6.07, 6.45) is -1.96. The molecule has 0 saturated heterocycles. The molecule has 0 N–H and O–H groups in total. The van der Waals surface area contributed by atoms with Gasteiger partial charge in [-0.15, -0.1) is 0 Å². The molecule has 1 unspecified atom stereocenters. The maximum atomic E-state index is 13.1. The number of para-hydroxylation sites is 2. The minimum atomic E-state index is -4.40. The minimum Gasteiger partial charge on any atom is -0.305 e. The molecule has 1 saturated carbocycles. The van der Waals surface area contributed by atoms with E-state index in [2.05, 4.69) is 4.99 Å². The van der Waals surface area contributed by atoms with E-state index in [-0.39, 0.29) is 18.4 Å². The lowest BCUT2D eigenvalue weighted by Crippen LogP contribution is -2.36. The molecule has 0 aromatic heterocycles. The van der Waals surface area contributed by atoms with E-state index in [4.69, 9.17) is 0 Å². The fourth-order valence-corrected chi connectivity index (χ4v) is 3.67. The van der Waals surface area contributed by atoms with Gasteiger partial charge < -0.3 is 4.90 Å². The van der Waals surface area contributed by atoms with Crippen LogP contribution in [0.15, 0.2) is 53.5 Å². The highest BCUT2D eigenvalue weighted by atomic mass is 19.4. The Bertz CT molecular complexity index is 889. The molecular weight excluding hydrogens is 341 g/mol. The molecule has 6 heteroatoms. The van der Waals surface area contributed by atoms with Crippen molar-refractivity contribution in [2.24, 2.45) is 10.9 Å². The standard InChI is InChI=1S/C20H17F3N2O/c21-20(22,23)14-6-3-5-13(11-14)12-25-18-10-2-1-8-17(18)24-16-9-4-7-15(16)19(25)26/h1-3,5-6,8,10-11,15H,4,7,9,12H2. The highest BCUT2D eigenvalue weighted by Gasteiger charge is 2.36. The lowest BCUT2D eigenvalue weighted by atomic mass is 10.0. The second kappa shape index (κ2) is 6.27. The highest BCUT2D eigenvalue weighted by Crippen LogP contribution is 2.39. The van der Waals surface area contributed by atoms with E-state index in [1.807, 2.05) is 18.2 Å². The van der Waals surface area contributed by atoms with Gasteiger partial charge in [0, 0.05) is 5.71 Å². The number of carbonyl (C=O) groups is 1. The first kappa shape index (κ1) is 16.8. The second-order valence-corrected chi connectivity index (χ2v) is 6.66. The van der Waals surface area contributed by atoms with E-state index in [9.17, 15) is 18.0 Å². The Morgan fingerprint density at radius 3 is 2.73 bits per heavy atom. The van der Waals surface area contributed by atoms with E-state index in [1.165, 1.54) is 6.07 Å². The fraction of sp³-hybridized carbons (Fsp3) is 0.300. The van der Waals surface area contributed by atoms with E-state index >= 15 is 0 Å². The molecule has 26 heavy (non-hydrogen) atoms. The largest absolute Gasteiger partial charge is 0.416 e. The Kier molecular flexibility index (Phi) is 4.05. The number of amides is 1. The SMILES string of the molecule is O=C1C2CCCC2=Nc2ccccc2N1Cc1cccc(C(F)(F)F)c1. The van der Waals surface area contributed by atoms with Crippen LogP contribution in [0.1, 0.15) is 30.4 Å². The number of fused-ring (bicyclic) bond motifs is 2. The number of alkyl halides is 3.